The van der Waals surface area contributed by atoms with Crippen LogP contribution >= 0.6 is 0 Å². The molecule has 0 saturated carbocycles. The number of aliphatic hydroxyl groups is 1. The number of aryl methyl sites for hydroxylation is 2. The average Bonchev–Trinajstić information content (AvgIpc) is 2.84. The first kappa shape index (κ1) is 15.8. The van der Waals surface area contributed by atoms with Gasteiger partial charge in [0.05, 0.1) is 6.10 Å². The van der Waals surface area contributed by atoms with Crippen LogP contribution in [0.1, 0.15) is 37.3 Å². The van der Waals surface area contributed by atoms with Crippen molar-refractivity contribution in [2.45, 2.75) is 52.2 Å². The lowest BCUT2D eigenvalue weighted by Crippen LogP contribution is -2.40. The summed E-state index contributed by atoms with van der Waals surface area (Å²) in [6.45, 7) is 6.63. The quantitative estimate of drug-likeness (QED) is 0.906. The van der Waals surface area contributed by atoms with Gasteiger partial charge in [-0.25, -0.2) is 0 Å². The molecule has 0 spiro atoms. The second-order valence-corrected chi connectivity index (χ2v) is 6.03. The van der Waals surface area contributed by atoms with Crippen LogP contribution in [0.4, 0.5) is 0 Å². The van der Waals surface area contributed by atoms with Gasteiger partial charge >= 0.3 is 0 Å². The Morgan fingerprint density at radius 1 is 1.48 bits per heavy atom. The molecule has 116 valence electrons. The molecular formula is C17H25NO3. The first-order chi connectivity index (χ1) is 9.97. The van der Waals surface area contributed by atoms with Gasteiger partial charge in [0.15, 0.2) is 6.61 Å². The molecule has 1 aromatic carbocycles. The Hall–Kier alpha value is -1.55. The van der Waals surface area contributed by atoms with E-state index in [-0.39, 0.29) is 24.7 Å². The first-order valence-corrected chi connectivity index (χ1v) is 7.65. The number of hydrogen-bond donors (Lipinski definition) is 1. The minimum Gasteiger partial charge on any atom is -0.484 e. The maximum atomic E-state index is 12.3. The molecule has 2 atom stereocenters. The number of carbonyl (C=O) groups excluding carboxylic acids is 1. The van der Waals surface area contributed by atoms with Crippen LogP contribution in [0.25, 0.3) is 0 Å². The van der Waals surface area contributed by atoms with E-state index in [1.54, 1.807) is 6.92 Å². The number of rotatable bonds is 5. The summed E-state index contributed by atoms with van der Waals surface area (Å²) in [5.74, 6) is 0.776. The van der Waals surface area contributed by atoms with Crippen LogP contribution in [0.15, 0.2) is 18.2 Å². The van der Waals surface area contributed by atoms with Gasteiger partial charge in [-0.3, -0.25) is 4.79 Å². The molecule has 4 nitrogen and oxygen atoms in total. The van der Waals surface area contributed by atoms with Crippen molar-refractivity contribution in [3.8, 4) is 5.75 Å². The van der Waals surface area contributed by atoms with E-state index in [9.17, 15) is 9.90 Å². The molecule has 1 aliphatic rings. The summed E-state index contributed by atoms with van der Waals surface area (Å²) < 4.78 is 5.67. The Bertz CT molecular complexity index is 499. The van der Waals surface area contributed by atoms with Crippen molar-refractivity contribution in [1.29, 1.82) is 0 Å². The van der Waals surface area contributed by atoms with Gasteiger partial charge in [-0.15, -0.1) is 0 Å². The van der Waals surface area contributed by atoms with Crippen molar-refractivity contribution >= 4 is 5.91 Å². The smallest absolute Gasteiger partial charge is 0.260 e. The summed E-state index contributed by atoms with van der Waals surface area (Å²) in [5, 5.41) is 9.51. The van der Waals surface area contributed by atoms with Gasteiger partial charge < -0.3 is 14.7 Å². The standard InChI is InChI=1S/C17H25NO3/c1-12-6-7-16(13(2)9-12)21-11-17(20)18-8-4-5-15(18)10-14(3)19/h6-7,9,14-15,19H,4-5,8,10-11H2,1-3H3. The summed E-state index contributed by atoms with van der Waals surface area (Å²) in [6.07, 6.45) is 2.26. The molecule has 2 rings (SSSR count). The second kappa shape index (κ2) is 6.94. The van der Waals surface area contributed by atoms with Crippen LogP contribution in [-0.4, -0.2) is 41.2 Å². The maximum absolute atomic E-state index is 12.3. The fourth-order valence-electron chi connectivity index (χ4n) is 2.99. The Morgan fingerprint density at radius 3 is 2.90 bits per heavy atom. The van der Waals surface area contributed by atoms with E-state index in [4.69, 9.17) is 4.74 Å². The summed E-state index contributed by atoms with van der Waals surface area (Å²) in [5.41, 5.74) is 2.23. The van der Waals surface area contributed by atoms with Crippen LogP contribution in [0.2, 0.25) is 0 Å². The van der Waals surface area contributed by atoms with E-state index >= 15 is 0 Å². The van der Waals surface area contributed by atoms with Crippen molar-refractivity contribution in [1.82, 2.24) is 4.90 Å². The molecule has 21 heavy (non-hydrogen) atoms. The van der Waals surface area contributed by atoms with Gasteiger partial charge in [0, 0.05) is 12.6 Å². The Balaban J connectivity index is 1.92. The largest absolute Gasteiger partial charge is 0.484 e. The van der Waals surface area contributed by atoms with E-state index < -0.39 is 0 Å². The maximum Gasteiger partial charge on any atom is 0.260 e. The van der Waals surface area contributed by atoms with Gasteiger partial charge in [-0.2, -0.15) is 0 Å². The van der Waals surface area contributed by atoms with E-state index in [1.807, 2.05) is 36.9 Å². The number of likely N-dealkylation sites (tertiary alicyclic amines) is 1. The minimum atomic E-state index is -0.372. The second-order valence-electron chi connectivity index (χ2n) is 6.03. The zero-order valence-corrected chi connectivity index (χ0v) is 13.1. The Kier molecular flexibility index (Phi) is 5.23. The molecular weight excluding hydrogens is 266 g/mol. The molecule has 1 amide bonds. The third kappa shape index (κ3) is 4.21. The monoisotopic (exact) mass is 291 g/mol. The highest BCUT2D eigenvalue weighted by Gasteiger charge is 2.29. The minimum absolute atomic E-state index is 0.0122. The van der Waals surface area contributed by atoms with Crippen LogP contribution in [0, 0.1) is 13.8 Å². The highest BCUT2D eigenvalue weighted by Crippen LogP contribution is 2.23. The normalized spacial score (nSPS) is 19.6. The molecule has 1 aromatic rings. The number of hydrogen-bond acceptors (Lipinski definition) is 3. The van der Waals surface area contributed by atoms with Gasteiger partial charge in [0.1, 0.15) is 5.75 Å². The number of nitrogens with zero attached hydrogens (tertiary/aromatic N) is 1. The molecule has 0 radical (unpaired) electrons. The van der Waals surface area contributed by atoms with Crippen molar-refractivity contribution in [2.24, 2.45) is 0 Å². The van der Waals surface area contributed by atoms with E-state index in [1.165, 1.54) is 5.56 Å². The van der Waals surface area contributed by atoms with Gasteiger partial charge in [0.25, 0.3) is 5.91 Å². The molecule has 1 N–H and O–H groups in total. The molecule has 0 aromatic heterocycles. The molecule has 1 fully saturated rings. The highest BCUT2D eigenvalue weighted by molar-refractivity contribution is 5.78. The third-order valence-electron chi connectivity index (χ3n) is 3.99. The van der Waals surface area contributed by atoms with Crippen molar-refractivity contribution in [3.63, 3.8) is 0 Å². The lowest BCUT2D eigenvalue weighted by Gasteiger charge is -2.25. The van der Waals surface area contributed by atoms with Crippen molar-refractivity contribution in [3.05, 3.63) is 29.3 Å². The topological polar surface area (TPSA) is 49.8 Å². The fraction of sp³-hybridized carbons (Fsp3) is 0.588. The van der Waals surface area contributed by atoms with Gasteiger partial charge in [-0.05, 0) is 51.7 Å². The number of benzene rings is 1. The van der Waals surface area contributed by atoms with E-state index in [0.717, 1.165) is 30.7 Å². The molecule has 1 heterocycles. The molecule has 0 aliphatic carbocycles. The number of carbonyl (C=O) groups is 1. The van der Waals surface area contributed by atoms with Crippen LogP contribution in [0.5, 0.6) is 5.75 Å². The van der Waals surface area contributed by atoms with Crippen LogP contribution in [0.3, 0.4) is 0 Å². The number of ether oxygens (including phenoxy) is 1. The number of aliphatic hydroxyl groups excluding tert-OH is 1. The predicted octanol–water partition coefficient (Wildman–Crippen LogP) is 2.44. The van der Waals surface area contributed by atoms with Gasteiger partial charge in [0.2, 0.25) is 0 Å². The SMILES string of the molecule is Cc1ccc(OCC(=O)N2CCCC2CC(C)O)c(C)c1. The summed E-state index contributed by atoms with van der Waals surface area (Å²) in [7, 11) is 0. The molecule has 4 heteroatoms. The first-order valence-electron chi connectivity index (χ1n) is 7.65. The average molecular weight is 291 g/mol. The van der Waals surface area contributed by atoms with Gasteiger partial charge in [-0.1, -0.05) is 17.7 Å². The lowest BCUT2D eigenvalue weighted by atomic mass is 10.1. The van der Waals surface area contributed by atoms with E-state index in [0.29, 0.717) is 6.42 Å². The highest BCUT2D eigenvalue weighted by atomic mass is 16.5. The molecule has 0 bridgehead atoms. The lowest BCUT2D eigenvalue weighted by molar-refractivity contribution is -0.134. The zero-order chi connectivity index (χ0) is 15.4. The molecule has 2 unspecified atom stereocenters. The predicted molar refractivity (Wildman–Crippen MR) is 82.4 cm³/mol. The Morgan fingerprint density at radius 2 is 2.24 bits per heavy atom. The summed E-state index contributed by atoms with van der Waals surface area (Å²) in [4.78, 5) is 14.2. The van der Waals surface area contributed by atoms with Crippen LogP contribution < -0.4 is 4.74 Å². The van der Waals surface area contributed by atoms with E-state index in [2.05, 4.69) is 0 Å². The van der Waals surface area contributed by atoms with Crippen molar-refractivity contribution < 1.29 is 14.6 Å². The number of amides is 1. The summed E-state index contributed by atoms with van der Waals surface area (Å²) in [6, 6.07) is 6.10. The van der Waals surface area contributed by atoms with Crippen LogP contribution in [-0.2, 0) is 4.79 Å². The van der Waals surface area contributed by atoms with Crippen molar-refractivity contribution in [2.75, 3.05) is 13.2 Å². The molecule has 1 saturated heterocycles. The Labute approximate surface area is 126 Å². The summed E-state index contributed by atoms with van der Waals surface area (Å²) >= 11 is 0. The zero-order valence-electron chi connectivity index (χ0n) is 13.1. The molecule has 1 aliphatic heterocycles. The third-order valence-corrected chi connectivity index (χ3v) is 3.99. The fourth-order valence-corrected chi connectivity index (χ4v) is 2.99.